The minimum Gasteiger partial charge on any atom is -0.343 e. The molecule has 0 bridgehead atoms. The number of ketones is 1. The molecule has 0 saturated carbocycles. The van der Waals surface area contributed by atoms with Crippen LogP contribution in [0.4, 0.5) is 5.82 Å². The summed E-state index contributed by atoms with van der Waals surface area (Å²) in [6, 6.07) is 8.45. The van der Waals surface area contributed by atoms with Crippen molar-refractivity contribution in [3.8, 4) is 0 Å². The van der Waals surface area contributed by atoms with Crippen molar-refractivity contribution in [2.75, 3.05) is 5.32 Å². The first-order chi connectivity index (χ1) is 11.3. The molecule has 24 heavy (non-hydrogen) atoms. The zero-order valence-corrected chi connectivity index (χ0v) is 14.7. The molecule has 1 atom stereocenters. The molecule has 4 heteroatoms. The van der Waals surface area contributed by atoms with Gasteiger partial charge in [0.1, 0.15) is 5.82 Å². The van der Waals surface area contributed by atoms with Gasteiger partial charge in [0, 0.05) is 23.3 Å². The Morgan fingerprint density at radius 1 is 1.17 bits per heavy atom. The van der Waals surface area contributed by atoms with Crippen LogP contribution in [-0.2, 0) is 10.2 Å². The fraction of sp³-hybridized carbons (Fsp3) is 0.400. The molecule has 1 aromatic heterocycles. The van der Waals surface area contributed by atoms with Crippen LogP contribution in [0.1, 0.15) is 50.3 Å². The number of aromatic amines is 1. The van der Waals surface area contributed by atoms with Gasteiger partial charge in [0.15, 0.2) is 5.78 Å². The number of anilines is 1. The van der Waals surface area contributed by atoms with Gasteiger partial charge in [0.2, 0.25) is 0 Å². The van der Waals surface area contributed by atoms with Crippen LogP contribution in [0.25, 0.3) is 0 Å². The van der Waals surface area contributed by atoms with Gasteiger partial charge in [-0.2, -0.15) is 5.10 Å². The molecule has 2 heterocycles. The monoisotopic (exact) mass is 321 g/mol. The molecule has 0 radical (unpaired) electrons. The molecular weight excluding hydrogens is 298 g/mol. The minimum absolute atomic E-state index is 0.0199. The molecule has 0 saturated heterocycles. The second-order valence-electron chi connectivity index (χ2n) is 8.07. The fourth-order valence-corrected chi connectivity index (χ4v) is 4.31. The summed E-state index contributed by atoms with van der Waals surface area (Å²) in [7, 11) is 0. The van der Waals surface area contributed by atoms with E-state index in [1.54, 1.807) is 0 Å². The number of nitrogens with zero attached hydrogens (tertiary/aromatic N) is 1. The Balaban J connectivity index is 2.00. The number of hydrogen-bond donors (Lipinski definition) is 2. The van der Waals surface area contributed by atoms with Crippen molar-refractivity contribution in [1.29, 1.82) is 0 Å². The van der Waals surface area contributed by atoms with Crippen LogP contribution in [0.2, 0.25) is 0 Å². The summed E-state index contributed by atoms with van der Waals surface area (Å²) in [5.41, 5.74) is 4.84. The average molecular weight is 321 g/mol. The number of rotatable bonds is 1. The normalized spacial score (nSPS) is 25.1. The number of carbonyl (C=O) groups is 1. The first-order valence-corrected chi connectivity index (χ1v) is 8.46. The van der Waals surface area contributed by atoms with E-state index in [1.165, 1.54) is 5.56 Å². The third-order valence-electron chi connectivity index (χ3n) is 5.42. The molecule has 0 amide bonds. The van der Waals surface area contributed by atoms with Crippen LogP contribution >= 0.6 is 0 Å². The average Bonchev–Trinajstić information content (AvgIpc) is 2.94. The smallest absolute Gasteiger partial charge is 0.162 e. The third kappa shape index (κ3) is 2.05. The SMILES string of the molecule is Cc1cccc([C@@]2(C)C3=C(CC(C)(C)CC3=O)Nc3[nH]ncc32)c1. The number of Topliss-reactive ketones (excluding diaryl/α,β-unsaturated/α-hetero) is 1. The summed E-state index contributed by atoms with van der Waals surface area (Å²) in [5.74, 6) is 1.15. The number of carbonyl (C=O) groups excluding carboxylic acids is 1. The summed E-state index contributed by atoms with van der Waals surface area (Å²) in [6.07, 6.45) is 3.30. The summed E-state index contributed by atoms with van der Waals surface area (Å²) >= 11 is 0. The van der Waals surface area contributed by atoms with Gasteiger partial charge in [-0.05, 0) is 31.2 Å². The lowest BCUT2D eigenvalue weighted by molar-refractivity contribution is -0.118. The maximum Gasteiger partial charge on any atom is 0.162 e. The van der Waals surface area contributed by atoms with Gasteiger partial charge in [-0.15, -0.1) is 0 Å². The van der Waals surface area contributed by atoms with Crippen molar-refractivity contribution in [3.63, 3.8) is 0 Å². The highest BCUT2D eigenvalue weighted by molar-refractivity contribution is 6.02. The number of nitrogens with one attached hydrogen (secondary N) is 2. The number of aryl methyl sites for hydroxylation is 1. The first kappa shape index (κ1) is 15.2. The van der Waals surface area contributed by atoms with Gasteiger partial charge in [0.05, 0.1) is 11.6 Å². The topological polar surface area (TPSA) is 57.8 Å². The Hall–Kier alpha value is -2.36. The van der Waals surface area contributed by atoms with Crippen LogP contribution in [-0.4, -0.2) is 16.0 Å². The Kier molecular flexibility index (Phi) is 3.05. The second kappa shape index (κ2) is 4.82. The van der Waals surface area contributed by atoms with Gasteiger partial charge < -0.3 is 5.32 Å². The van der Waals surface area contributed by atoms with Crippen LogP contribution in [0, 0.1) is 12.3 Å². The Bertz CT molecular complexity index is 875. The van der Waals surface area contributed by atoms with E-state index in [9.17, 15) is 4.79 Å². The fourth-order valence-electron chi connectivity index (χ4n) is 4.31. The van der Waals surface area contributed by atoms with Crippen LogP contribution in [0.15, 0.2) is 41.7 Å². The minimum atomic E-state index is -0.470. The van der Waals surface area contributed by atoms with Gasteiger partial charge in [-0.3, -0.25) is 9.89 Å². The first-order valence-electron chi connectivity index (χ1n) is 8.46. The quantitative estimate of drug-likeness (QED) is 0.831. The lowest BCUT2D eigenvalue weighted by Gasteiger charge is -2.43. The van der Waals surface area contributed by atoms with E-state index < -0.39 is 5.41 Å². The number of benzene rings is 1. The molecule has 2 aromatic rings. The lowest BCUT2D eigenvalue weighted by atomic mass is 9.62. The van der Waals surface area contributed by atoms with Crippen molar-refractivity contribution >= 4 is 11.6 Å². The van der Waals surface area contributed by atoms with E-state index in [0.29, 0.717) is 6.42 Å². The molecule has 2 N–H and O–H groups in total. The summed E-state index contributed by atoms with van der Waals surface area (Å²) < 4.78 is 0. The molecule has 1 aliphatic heterocycles. The zero-order chi connectivity index (χ0) is 17.1. The van der Waals surface area contributed by atoms with Gasteiger partial charge in [-0.1, -0.05) is 43.7 Å². The predicted molar refractivity (Wildman–Crippen MR) is 94.9 cm³/mol. The Labute approximate surface area is 142 Å². The molecular formula is C20H23N3O. The second-order valence-corrected chi connectivity index (χ2v) is 8.07. The molecule has 124 valence electrons. The number of hydrogen-bond acceptors (Lipinski definition) is 3. The highest BCUT2D eigenvalue weighted by Gasteiger charge is 2.48. The standard InChI is InChI=1S/C20H23N3O/c1-12-6-5-7-13(8-12)20(4)14-11-21-23-18(14)22-15-9-19(2,3)10-16(24)17(15)20/h5-8,11H,9-10H2,1-4H3,(H2,21,22,23)/t20-/m1/s1. The number of fused-ring (bicyclic) bond motifs is 1. The van der Waals surface area contributed by atoms with Gasteiger partial charge in [-0.25, -0.2) is 0 Å². The van der Waals surface area contributed by atoms with Crippen molar-refractivity contribution in [1.82, 2.24) is 10.2 Å². The molecule has 2 aliphatic rings. The van der Waals surface area contributed by atoms with Crippen molar-refractivity contribution < 1.29 is 4.79 Å². The Morgan fingerprint density at radius 2 is 1.96 bits per heavy atom. The Morgan fingerprint density at radius 3 is 2.71 bits per heavy atom. The van der Waals surface area contributed by atoms with E-state index in [2.05, 4.69) is 67.5 Å². The molecule has 1 aromatic carbocycles. The van der Waals surface area contributed by atoms with Crippen molar-refractivity contribution in [2.24, 2.45) is 5.41 Å². The molecule has 0 unspecified atom stereocenters. The van der Waals surface area contributed by atoms with E-state index in [-0.39, 0.29) is 11.2 Å². The maximum atomic E-state index is 13.1. The summed E-state index contributed by atoms with van der Waals surface area (Å²) in [6.45, 7) is 8.56. The molecule has 0 fully saturated rings. The van der Waals surface area contributed by atoms with Crippen molar-refractivity contribution in [2.45, 2.75) is 46.0 Å². The summed E-state index contributed by atoms with van der Waals surface area (Å²) in [5, 5.41) is 10.8. The lowest BCUT2D eigenvalue weighted by Crippen LogP contribution is -2.41. The van der Waals surface area contributed by atoms with E-state index in [0.717, 1.165) is 34.6 Å². The van der Waals surface area contributed by atoms with Crippen molar-refractivity contribution in [3.05, 3.63) is 58.4 Å². The maximum absolute atomic E-state index is 13.1. The molecule has 4 rings (SSSR count). The van der Waals surface area contributed by atoms with E-state index in [1.807, 2.05) is 6.20 Å². The van der Waals surface area contributed by atoms with E-state index in [4.69, 9.17) is 0 Å². The third-order valence-corrected chi connectivity index (χ3v) is 5.42. The number of aromatic nitrogens is 2. The van der Waals surface area contributed by atoms with Gasteiger partial charge >= 0.3 is 0 Å². The molecule has 0 spiro atoms. The van der Waals surface area contributed by atoms with Crippen LogP contribution in [0.3, 0.4) is 0 Å². The van der Waals surface area contributed by atoms with Crippen LogP contribution < -0.4 is 5.32 Å². The number of H-pyrrole nitrogens is 1. The van der Waals surface area contributed by atoms with Crippen LogP contribution in [0.5, 0.6) is 0 Å². The highest BCUT2D eigenvalue weighted by Crippen LogP contribution is 2.51. The molecule has 4 nitrogen and oxygen atoms in total. The predicted octanol–water partition coefficient (Wildman–Crippen LogP) is 4.09. The summed E-state index contributed by atoms with van der Waals surface area (Å²) in [4.78, 5) is 13.1. The van der Waals surface area contributed by atoms with E-state index >= 15 is 0 Å². The van der Waals surface area contributed by atoms with Gasteiger partial charge in [0.25, 0.3) is 0 Å². The largest absolute Gasteiger partial charge is 0.343 e. The molecule has 1 aliphatic carbocycles. The number of allylic oxidation sites excluding steroid dienone is 2. The highest BCUT2D eigenvalue weighted by atomic mass is 16.1. The zero-order valence-electron chi connectivity index (χ0n) is 14.7.